The number of guanidine groups is 1. The highest BCUT2D eigenvalue weighted by atomic mass is 32.2. The number of ether oxygens (including phenoxy) is 1. The topological polar surface area (TPSA) is 45.7 Å². The van der Waals surface area contributed by atoms with Crippen LogP contribution >= 0.6 is 11.8 Å². The number of nitrogens with zero attached hydrogens (tertiary/aromatic N) is 1. The number of hydrogen-bond acceptors (Lipinski definition) is 3. The minimum Gasteiger partial charge on any atom is -0.381 e. The molecule has 0 amide bonds. The van der Waals surface area contributed by atoms with Gasteiger partial charge in [0.2, 0.25) is 0 Å². The maximum Gasteiger partial charge on any atom is 0.416 e. The zero-order valence-electron chi connectivity index (χ0n) is 16.6. The molecule has 1 aliphatic heterocycles. The number of nitrogens with one attached hydrogen (secondary N) is 2. The fourth-order valence-electron chi connectivity index (χ4n) is 3.15. The zero-order valence-corrected chi connectivity index (χ0v) is 17.4. The van der Waals surface area contributed by atoms with E-state index < -0.39 is 11.7 Å². The quantitative estimate of drug-likeness (QED) is 0.494. The van der Waals surface area contributed by atoms with E-state index in [4.69, 9.17) is 9.73 Å². The molecule has 2 rings (SSSR count). The maximum absolute atomic E-state index is 12.6. The molecular weight excluding hydrogens is 387 g/mol. The molecule has 1 aromatic carbocycles. The molecule has 1 heterocycles. The fourth-order valence-corrected chi connectivity index (χ4v) is 4.37. The number of aliphatic imine (C=N–C) groups is 1. The molecule has 0 atom stereocenters. The van der Waals surface area contributed by atoms with E-state index in [0.717, 1.165) is 68.6 Å². The maximum atomic E-state index is 12.6. The summed E-state index contributed by atoms with van der Waals surface area (Å²) in [6.45, 7) is 7.82. The standard InChI is InChI=1S/C20H30F3N3OS/c1-3-24-18(26-15-19(28-4-2)10-13-27-14-11-19)25-12-9-16-5-7-17(8-6-16)20(21,22)23/h5-8H,3-4,9-15H2,1-2H3,(H2,24,25,26). The van der Waals surface area contributed by atoms with Gasteiger partial charge >= 0.3 is 6.18 Å². The SMILES string of the molecule is CCNC(=NCC1(SCC)CCOCC1)NCCc1ccc(C(F)(F)F)cc1. The molecule has 0 radical (unpaired) electrons. The van der Waals surface area contributed by atoms with Crippen molar-refractivity contribution < 1.29 is 17.9 Å². The summed E-state index contributed by atoms with van der Waals surface area (Å²) in [5, 5.41) is 6.54. The van der Waals surface area contributed by atoms with Gasteiger partial charge in [-0.3, -0.25) is 4.99 Å². The summed E-state index contributed by atoms with van der Waals surface area (Å²) in [6, 6.07) is 5.32. The molecule has 0 saturated carbocycles. The molecule has 2 N–H and O–H groups in total. The average molecular weight is 418 g/mol. The summed E-state index contributed by atoms with van der Waals surface area (Å²) in [5.74, 6) is 1.80. The van der Waals surface area contributed by atoms with E-state index in [2.05, 4.69) is 17.6 Å². The van der Waals surface area contributed by atoms with Crippen molar-refractivity contribution in [2.45, 2.75) is 44.0 Å². The molecule has 158 valence electrons. The van der Waals surface area contributed by atoms with E-state index in [1.54, 1.807) is 0 Å². The van der Waals surface area contributed by atoms with E-state index in [-0.39, 0.29) is 4.75 Å². The molecule has 1 fully saturated rings. The lowest BCUT2D eigenvalue weighted by Gasteiger charge is -2.35. The summed E-state index contributed by atoms with van der Waals surface area (Å²) in [6.07, 6.45) is -1.66. The van der Waals surface area contributed by atoms with Gasteiger partial charge in [0, 0.05) is 31.1 Å². The highest BCUT2D eigenvalue weighted by Gasteiger charge is 2.32. The minimum absolute atomic E-state index is 0.128. The number of thioether (sulfide) groups is 1. The van der Waals surface area contributed by atoms with Crippen molar-refractivity contribution in [2.75, 3.05) is 38.6 Å². The van der Waals surface area contributed by atoms with Crippen molar-refractivity contribution in [3.8, 4) is 0 Å². The van der Waals surface area contributed by atoms with E-state index in [1.807, 2.05) is 18.7 Å². The van der Waals surface area contributed by atoms with Gasteiger partial charge in [-0.1, -0.05) is 19.1 Å². The van der Waals surface area contributed by atoms with Crippen LogP contribution in [0.1, 0.15) is 37.8 Å². The van der Waals surface area contributed by atoms with Gasteiger partial charge in [0.1, 0.15) is 0 Å². The van der Waals surface area contributed by atoms with Crippen LogP contribution in [-0.4, -0.2) is 49.3 Å². The molecule has 0 unspecified atom stereocenters. The van der Waals surface area contributed by atoms with E-state index in [0.29, 0.717) is 13.0 Å². The third kappa shape index (κ3) is 7.20. The molecule has 0 aliphatic carbocycles. The monoisotopic (exact) mass is 417 g/mol. The summed E-state index contributed by atoms with van der Waals surface area (Å²) in [4.78, 5) is 4.77. The second-order valence-electron chi connectivity index (χ2n) is 6.80. The van der Waals surface area contributed by atoms with Crippen molar-refractivity contribution in [3.63, 3.8) is 0 Å². The van der Waals surface area contributed by atoms with E-state index in [1.165, 1.54) is 12.1 Å². The average Bonchev–Trinajstić information content (AvgIpc) is 2.67. The molecule has 8 heteroatoms. The highest BCUT2D eigenvalue weighted by Crippen LogP contribution is 2.35. The van der Waals surface area contributed by atoms with Crippen LogP contribution in [0, 0.1) is 0 Å². The Morgan fingerprint density at radius 3 is 2.39 bits per heavy atom. The number of hydrogen-bond donors (Lipinski definition) is 2. The van der Waals surface area contributed by atoms with Crippen molar-refractivity contribution >= 4 is 17.7 Å². The third-order valence-corrected chi connectivity index (χ3v) is 6.15. The van der Waals surface area contributed by atoms with Gasteiger partial charge in [0.15, 0.2) is 5.96 Å². The van der Waals surface area contributed by atoms with Crippen LogP contribution in [0.25, 0.3) is 0 Å². The van der Waals surface area contributed by atoms with Gasteiger partial charge < -0.3 is 15.4 Å². The van der Waals surface area contributed by atoms with Crippen LogP contribution in [0.2, 0.25) is 0 Å². The normalized spacial score (nSPS) is 17.4. The van der Waals surface area contributed by atoms with Crippen LogP contribution in [-0.2, 0) is 17.3 Å². The molecule has 0 bridgehead atoms. The second kappa shape index (κ2) is 11.0. The molecule has 4 nitrogen and oxygen atoms in total. The lowest BCUT2D eigenvalue weighted by molar-refractivity contribution is -0.137. The Morgan fingerprint density at radius 1 is 1.14 bits per heavy atom. The van der Waals surface area contributed by atoms with Crippen molar-refractivity contribution in [2.24, 2.45) is 4.99 Å². The minimum atomic E-state index is -4.29. The molecule has 1 aliphatic rings. The Balaban J connectivity index is 1.90. The number of rotatable bonds is 8. The highest BCUT2D eigenvalue weighted by molar-refractivity contribution is 8.00. The van der Waals surface area contributed by atoms with Gasteiger partial charge in [-0.05, 0) is 49.6 Å². The Bertz CT molecular complexity index is 609. The lowest BCUT2D eigenvalue weighted by atomic mass is 9.99. The largest absolute Gasteiger partial charge is 0.416 e. The van der Waals surface area contributed by atoms with Crippen LogP contribution in [0.5, 0.6) is 0 Å². The van der Waals surface area contributed by atoms with Crippen LogP contribution in [0.3, 0.4) is 0 Å². The first-order valence-electron chi connectivity index (χ1n) is 9.78. The van der Waals surface area contributed by atoms with Crippen LogP contribution in [0.15, 0.2) is 29.3 Å². The molecule has 1 saturated heterocycles. The van der Waals surface area contributed by atoms with Gasteiger partial charge in [-0.15, -0.1) is 0 Å². The number of benzene rings is 1. The van der Waals surface area contributed by atoms with Crippen molar-refractivity contribution in [1.82, 2.24) is 10.6 Å². The first kappa shape index (κ1) is 22.9. The van der Waals surface area contributed by atoms with E-state index >= 15 is 0 Å². The summed E-state index contributed by atoms with van der Waals surface area (Å²) in [5.41, 5.74) is 0.244. The summed E-state index contributed by atoms with van der Waals surface area (Å²) in [7, 11) is 0. The molecule has 28 heavy (non-hydrogen) atoms. The van der Waals surface area contributed by atoms with Gasteiger partial charge in [0.05, 0.1) is 12.1 Å². The van der Waals surface area contributed by atoms with Crippen LogP contribution in [0.4, 0.5) is 13.2 Å². The second-order valence-corrected chi connectivity index (χ2v) is 8.53. The van der Waals surface area contributed by atoms with Crippen molar-refractivity contribution in [3.05, 3.63) is 35.4 Å². The van der Waals surface area contributed by atoms with Crippen LogP contribution < -0.4 is 10.6 Å². The number of halogens is 3. The Morgan fingerprint density at radius 2 is 1.82 bits per heavy atom. The lowest BCUT2D eigenvalue weighted by Crippen LogP contribution is -2.41. The van der Waals surface area contributed by atoms with Gasteiger partial charge in [-0.25, -0.2) is 0 Å². The smallest absolute Gasteiger partial charge is 0.381 e. The first-order valence-corrected chi connectivity index (χ1v) is 10.8. The summed E-state index contributed by atoms with van der Waals surface area (Å²) < 4.78 is 43.6. The first-order chi connectivity index (χ1) is 13.4. The van der Waals surface area contributed by atoms with E-state index in [9.17, 15) is 13.2 Å². The predicted molar refractivity (Wildman–Crippen MR) is 110 cm³/mol. The Hall–Kier alpha value is -1.41. The summed E-state index contributed by atoms with van der Waals surface area (Å²) >= 11 is 1.95. The zero-order chi connectivity index (χ0) is 20.5. The predicted octanol–water partition coefficient (Wildman–Crippen LogP) is 4.11. The molecule has 0 aromatic heterocycles. The molecule has 0 spiro atoms. The Labute approximate surface area is 169 Å². The van der Waals surface area contributed by atoms with Crippen molar-refractivity contribution in [1.29, 1.82) is 0 Å². The molecule has 1 aromatic rings. The van der Waals surface area contributed by atoms with Gasteiger partial charge in [0.25, 0.3) is 0 Å². The fraction of sp³-hybridized carbons (Fsp3) is 0.650. The Kier molecular flexibility index (Phi) is 8.95. The van der Waals surface area contributed by atoms with Gasteiger partial charge in [-0.2, -0.15) is 24.9 Å². The molecular formula is C20H30F3N3OS. The third-order valence-electron chi connectivity index (χ3n) is 4.71. The number of alkyl halides is 3.